The minimum absolute atomic E-state index is 0.163. The molecule has 0 saturated heterocycles. The Morgan fingerprint density at radius 1 is 1.31 bits per heavy atom. The van der Waals surface area contributed by atoms with Crippen LogP contribution < -0.4 is 10.2 Å². The van der Waals surface area contributed by atoms with Gasteiger partial charge < -0.3 is 4.90 Å². The molecule has 1 atom stereocenters. The highest BCUT2D eigenvalue weighted by Gasteiger charge is 2.25. The summed E-state index contributed by atoms with van der Waals surface area (Å²) in [5, 5.41) is 12.4. The first-order chi connectivity index (χ1) is 7.70. The largest absolute Gasteiger partial charge is 0.378 e. The van der Waals surface area contributed by atoms with Crippen molar-refractivity contribution in [2.45, 2.75) is 24.9 Å². The second-order valence-electron chi connectivity index (χ2n) is 4.49. The molecule has 3 nitrogen and oxygen atoms in total. The second kappa shape index (κ2) is 4.54. The number of benzene rings is 1. The molecule has 0 aliphatic heterocycles. The zero-order valence-electron chi connectivity index (χ0n) is 9.77. The molecule has 1 aromatic carbocycles. The predicted octanol–water partition coefficient (Wildman–Crippen LogP) is 2.07. The topological polar surface area (TPSA) is 39.1 Å². The van der Waals surface area contributed by atoms with Gasteiger partial charge in [0.15, 0.2) is 0 Å². The highest BCUT2D eigenvalue weighted by molar-refractivity contribution is 5.47. The molecule has 1 saturated carbocycles. The summed E-state index contributed by atoms with van der Waals surface area (Å²) in [4.78, 5) is 2.06. The quantitative estimate of drug-likeness (QED) is 0.835. The number of nitriles is 1. The van der Waals surface area contributed by atoms with E-state index in [1.807, 2.05) is 38.4 Å². The Kier molecular flexibility index (Phi) is 3.12. The molecule has 0 spiro atoms. The lowest BCUT2D eigenvalue weighted by molar-refractivity contribution is 0.626. The van der Waals surface area contributed by atoms with E-state index in [2.05, 4.69) is 16.3 Å². The molecule has 0 bridgehead atoms. The molecule has 84 valence electrons. The van der Waals surface area contributed by atoms with Gasteiger partial charge in [-0.15, -0.1) is 0 Å². The number of rotatable bonds is 4. The lowest BCUT2D eigenvalue weighted by Gasteiger charge is -2.15. The van der Waals surface area contributed by atoms with Gasteiger partial charge in [-0.25, -0.2) is 0 Å². The van der Waals surface area contributed by atoms with Crippen molar-refractivity contribution >= 4 is 5.69 Å². The third-order valence-corrected chi connectivity index (χ3v) is 2.85. The summed E-state index contributed by atoms with van der Waals surface area (Å²) in [6, 6.07) is 10.9. The predicted molar refractivity (Wildman–Crippen MR) is 65.3 cm³/mol. The van der Waals surface area contributed by atoms with Crippen LogP contribution in [0.2, 0.25) is 0 Å². The minimum Gasteiger partial charge on any atom is -0.378 e. The molecule has 2 rings (SSSR count). The molecule has 1 aliphatic carbocycles. The molecule has 0 amide bonds. The first-order valence-corrected chi connectivity index (χ1v) is 5.63. The molecular formula is C13H17N3. The van der Waals surface area contributed by atoms with Crippen molar-refractivity contribution in [3.63, 3.8) is 0 Å². The van der Waals surface area contributed by atoms with Gasteiger partial charge in [0.25, 0.3) is 0 Å². The van der Waals surface area contributed by atoms with E-state index in [1.54, 1.807) is 0 Å². The van der Waals surface area contributed by atoms with Crippen LogP contribution in [0, 0.1) is 11.3 Å². The van der Waals surface area contributed by atoms with Gasteiger partial charge in [-0.05, 0) is 30.5 Å². The first-order valence-electron chi connectivity index (χ1n) is 5.63. The van der Waals surface area contributed by atoms with E-state index in [4.69, 9.17) is 5.26 Å². The van der Waals surface area contributed by atoms with Crippen molar-refractivity contribution in [3.8, 4) is 6.07 Å². The van der Waals surface area contributed by atoms with Gasteiger partial charge in [-0.3, -0.25) is 5.32 Å². The van der Waals surface area contributed by atoms with Crippen molar-refractivity contribution in [2.24, 2.45) is 0 Å². The zero-order valence-corrected chi connectivity index (χ0v) is 9.77. The Bertz CT molecular complexity index is 385. The van der Waals surface area contributed by atoms with Crippen LogP contribution in [-0.4, -0.2) is 20.1 Å². The summed E-state index contributed by atoms with van der Waals surface area (Å²) in [6.45, 7) is 0. The molecule has 16 heavy (non-hydrogen) atoms. The van der Waals surface area contributed by atoms with Gasteiger partial charge in [-0.2, -0.15) is 5.26 Å². The summed E-state index contributed by atoms with van der Waals surface area (Å²) in [5.74, 6) is 0. The first kappa shape index (κ1) is 11.0. The Balaban J connectivity index is 2.09. The van der Waals surface area contributed by atoms with Crippen LogP contribution in [0.1, 0.15) is 24.4 Å². The normalized spacial score (nSPS) is 16.6. The highest BCUT2D eigenvalue weighted by atomic mass is 15.1. The van der Waals surface area contributed by atoms with Crippen molar-refractivity contribution in [3.05, 3.63) is 29.8 Å². The molecule has 1 unspecified atom stereocenters. The highest BCUT2D eigenvalue weighted by Crippen LogP contribution is 2.24. The van der Waals surface area contributed by atoms with Crippen LogP contribution in [0.15, 0.2) is 24.3 Å². The van der Waals surface area contributed by atoms with Crippen molar-refractivity contribution in [1.29, 1.82) is 5.26 Å². The van der Waals surface area contributed by atoms with Gasteiger partial charge in [0.2, 0.25) is 0 Å². The summed E-state index contributed by atoms with van der Waals surface area (Å²) in [6.07, 6.45) is 2.40. The lowest BCUT2D eigenvalue weighted by Crippen LogP contribution is -2.22. The monoisotopic (exact) mass is 215 g/mol. The van der Waals surface area contributed by atoms with E-state index in [9.17, 15) is 0 Å². The van der Waals surface area contributed by atoms with Gasteiger partial charge >= 0.3 is 0 Å². The number of nitrogens with zero attached hydrogens (tertiary/aromatic N) is 2. The fraction of sp³-hybridized carbons (Fsp3) is 0.462. The zero-order chi connectivity index (χ0) is 11.5. The number of anilines is 1. The van der Waals surface area contributed by atoms with Crippen LogP contribution >= 0.6 is 0 Å². The number of hydrogen-bond donors (Lipinski definition) is 1. The maximum atomic E-state index is 9.11. The van der Waals surface area contributed by atoms with Crippen molar-refractivity contribution in [2.75, 3.05) is 19.0 Å². The summed E-state index contributed by atoms with van der Waals surface area (Å²) >= 11 is 0. The average molecular weight is 215 g/mol. The Morgan fingerprint density at radius 2 is 1.94 bits per heavy atom. The van der Waals surface area contributed by atoms with Crippen LogP contribution in [0.3, 0.4) is 0 Å². The average Bonchev–Trinajstić information content (AvgIpc) is 3.10. The molecule has 0 heterocycles. The SMILES string of the molecule is CN(C)c1ccc(C(C#N)NC2CC2)cc1. The third-order valence-electron chi connectivity index (χ3n) is 2.85. The number of hydrogen-bond acceptors (Lipinski definition) is 3. The standard InChI is InChI=1S/C13H17N3/c1-16(2)12-7-3-10(4-8-12)13(9-14)15-11-5-6-11/h3-4,7-8,11,13,15H,5-6H2,1-2H3. The maximum absolute atomic E-state index is 9.11. The lowest BCUT2D eigenvalue weighted by atomic mass is 10.1. The Morgan fingerprint density at radius 3 is 2.38 bits per heavy atom. The molecule has 0 aromatic heterocycles. The summed E-state index contributed by atoms with van der Waals surface area (Å²) < 4.78 is 0. The van der Waals surface area contributed by atoms with Crippen LogP contribution in [0.4, 0.5) is 5.69 Å². The van der Waals surface area contributed by atoms with Gasteiger partial charge in [-0.1, -0.05) is 12.1 Å². The Labute approximate surface area is 96.7 Å². The van der Waals surface area contributed by atoms with E-state index in [0.717, 1.165) is 11.3 Å². The molecule has 0 radical (unpaired) electrons. The van der Waals surface area contributed by atoms with Crippen molar-refractivity contribution < 1.29 is 0 Å². The minimum atomic E-state index is -0.163. The van der Waals surface area contributed by atoms with E-state index in [0.29, 0.717) is 6.04 Å². The molecule has 3 heteroatoms. The van der Waals surface area contributed by atoms with E-state index in [1.165, 1.54) is 12.8 Å². The van der Waals surface area contributed by atoms with Crippen LogP contribution in [0.5, 0.6) is 0 Å². The van der Waals surface area contributed by atoms with E-state index in [-0.39, 0.29) is 6.04 Å². The van der Waals surface area contributed by atoms with Gasteiger partial charge in [0, 0.05) is 25.8 Å². The number of nitrogens with one attached hydrogen (secondary N) is 1. The molecule has 1 aromatic rings. The van der Waals surface area contributed by atoms with Gasteiger partial charge in [0.1, 0.15) is 6.04 Å². The fourth-order valence-electron chi connectivity index (χ4n) is 1.66. The summed E-state index contributed by atoms with van der Waals surface area (Å²) in [7, 11) is 4.03. The summed E-state index contributed by atoms with van der Waals surface area (Å²) in [5.41, 5.74) is 2.21. The smallest absolute Gasteiger partial charge is 0.121 e. The second-order valence-corrected chi connectivity index (χ2v) is 4.49. The Hall–Kier alpha value is -1.53. The van der Waals surface area contributed by atoms with E-state index >= 15 is 0 Å². The van der Waals surface area contributed by atoms with E-state index < -0.39 is 0 Å². The molecular weight excluding hydrogens is 198 g/mol. The van der Waals surface area contributed by atoms with Gasteiger partial charge in [0.05, 0.1) is 6.07 Å². The molecule has 1 fully saturated rings. The third kappa shape index (κ3) is 2.53. The van der Waals surface area contributed by atoms with Crippen LogP contribution in [0.25, 0.3) is 0 Å². The fourth-order valence-corrected chi connectivity index (χ4v) is 1.66. The molecule has 1 aliphatic rings. The van der Waals surface area contributed by atoms with Crippen LogP contribution in [-0.2, 0) is 0 Å². The maximum Gasteiger partial charge on any atom is 0.121 e. The molecule has 1 N–H and O–H groups in total. The van der Waals surface area contributed by atoms with Crippen molar-refractivity contribution in [1.82, 2.24) is 5.32 Å².